The molecule has 1 aromatic carbocycles. The summed E-state index contributed by atoms with van der Waals surface area (Å²) in [5.41, 5.74) is 2.32. The smallest absolute Gasteiger partial charge is 0.192 e. The van der Waals surface area contributed by atoms with E-state index < -0.39 is 5.79 Å². The summed E-state index contributed by atoms with van der Waals surface area (Å²) in [4.78, 5) is 2.34. The highest BCUT2D eigenvalue weighted by Gasteiger charge is 2.32. The quantitative estimate of drug-likeness (QED) is 0.799. The predicted octanol–water partition coefficient (Wildman–Crippen LogP) is 1.74. The maximum absolute atomic E-state index is 5.66. The molecule has 0 bridgehead atoms. The Bertz CT molecular complexity index is 392. The fourth-order valence-electron chi connectivity index (χ4n) is 2.48. The SMILES string of the molecule is CC1(c2ccc(N3CCOCC3)cc2)OCCO1. The van der Waals surface area contributed by atoms with Crippen molar-refractivity contribution < 1.29 is 14.2 Å². The summed E-state index contributed by atoms with van der Waals surface area (Å²) in [6, 6.07) is 8.46. The van der Waals surface area contributed by atoms with Crippen molar-refractivity contribution in [3.05, 3.63) is 29.8 Å². The normalized spacial score (nSPS) is 23.3. The van der Waals surface area contributed by atoms with Crippen molar-refractivity contribution in [1.82, 2.24) is 0 Å². The van der Waals surface area contributed by atoms with Crippen LogP contribution in [0, 0.1) is 0 Å². The molecular weight excluding hydrogens is 230 g/mol. The van der Waals surface area contributed by atoms with Crippen LogP contribution in [0.3, 0.4) is 0 Å². The zero-order chi connectivity index (χ0) is 12.4. The van der Waals surface area contributed by atoms with Crippen LogP contribution >= 0.6 is 0 Å². The number of nitrogens with zero attached hydrogens (tertiary/aromatic N) is 1. The Morgan fingerprint density at radius 2 is 1.56 bits per heavy atom. The number of hydrogen-bond donors (Lipinski definition) is 0. The van der Waals surface area contributed by atoms with E-state index in [4.69, 9.17) is 14.2 Å². The van der Waals surface area contributed by atoms with Gasteiger partial charge in [-0.3, -0.25) is 0 Å². The van der Waals surface area contributed by atoms with Gasteiger partial charge in [-0.05, 0) is 19.1 Å². The first kappa shape index (κ1) is 12.0. The Kier molecular flexibility index (Phi) is 3.24. The van der Waals surface area contributed by atoms with Crippen LogP contribution < -0.4 is 4.90 Å². The Balaban J connectivity index is 1.76. The van der Waals surface area contributed by atoms with Gasteiger partial charge in [-0.1, -0.05) is 12.1 Å². The van der Waals surface area contributed by atoms with Gasteiger partial charge in [0.1, 0.15) is 0 Å². The van der Waals surface area contributed by atoms with E-state index in [1.54, 1.807) is 0 Å². The Morgan fingerprint density at radius 1 is 0.944 bits per heavy atom. The lowest BCUT2D eigenvalue weighted by atomic mass is 10.1. The molecule has 4 heteroatoms. The molecule has 0 spiro atoms. The lowest BCUT2D eigenvalue weighted by Gasteiger charge is -2.29. The fourth-order valence-corrected chi connectivity index (χ4v) is 2.48. The molecule has 4 nitrogen and oxygen atoms in total. The van der Waals surface area contributed by atoms with Crippen LogP contribution in [0.2, 0.25) is 0 Å². The second kappa shape index (κ2) is 4.88. The molecule has 98 valence electrons. The highest BCUT2D eigenvalue weighted by Crippen LogP contribution is 2.31. The standard InChI is InChI=1S/C14H19NO3/c1-14(17-10-11-18-14)12-2-4-13(5-3-12)15-6-8-16-9-7-15/h2-5H,6-11H2,1H3. The summed E-state index contributed by atoms with van der Waals surface area (Å²) in [5, 5.41) is 0. The number of anilines is 1. The molecule has 2 aliphatic heterocycles. The maximum atomic E-state index is 5.66. The van der Waals surface area contributed by atoms with Crippen LogP contribution in [0.15, 0.2) is 24.3 Å². The van der Waals surface area contributed by atoms with Gasteiger partial charge in [0.15, 0.2) is 5.79 Å². The Morgan fingerprint density at radius 3 is 2.17 bits per heavy atom. The molecule has 0 aliphatic carbocycles. The molecule has 0 atom stereocenters. The number of hydrogen-bond acceptors (Lipinski definition) is 4. The summed E-state index contributed by atoms with van der Waals surface area (Å²) < 4.78 is 16.7. The molecule has 0 amide bonds. The van der Waals surface area contributed by atoms with Crippen molar-refractivity contribution in [1.29, 1.82) is 0 Å². The van der Waals surface area contributed by atoms with Crippen molar-refractivity contribution in [2.75, 3.05) is 44.4 Å². The molecule has 3 rings (SSSR count). The van der Waals surface area contributed by atoms with E-state index in [2.05, 4.69) is 29.2 Å². The van der Waals surface area contributed by atoms with E-state index in [9.17, 15) is 0 Å². The van der Waals surface area contributed by atoms with Gasteiger partial charge in [-0.25, -0.2) is 0 Å². The third-order valence-electron chi connectivity index (χ3n) is 3.61. The minimum absolute atomic E-state index is 0.566. The van der Waals surface area contributed by atoms with Gasteiger partial charge in [0, 0.05) is 24.3 Å². The van der Waals surface area contributed by atoms with E-state index in [1.807, 2.05) is 6.92 Å². The molecule has 0 aromatic heterocycles. The zero-order valence-electron chi connectivity index (χ0n) is 10.7. The monoisotopic (exact) mass is 249 g/mol. The molecule has 1 aromatic rings. The molecule has 0 saturated carbocycles. The lowest BCUT2D eigenvalue weighted by molar-refractivity contribution is -0.149. The van der Waals surface area contributed by atoms with Crippen molar-refractivity contribution in [3.63, 3.8) is 0 Å². The first-order valence-electron chi connectivity index (χ1n) is 6.49. The summed E-state index contributed by atoms with van der Waals surface area (Å²) in [5.74, 6) is -0.566. The van der Waals surface area contributed by atoms with E-state index in [1.165, 1.54) is 5.69 Å². The topological polar surface area (TPSA) is 30.9 Å². The van der Waals surface area contributed by atoms with Gasteiger partial charge in [-0.15, -0.1) is 0 Å². The molecule has 0 unspecified atom stereocenters. The van der Waals surface area contributed by atoms with Gasteiger partial charge in [0.05, 0.1) is 26.4 Å². The summed E-state index contributed by atoms with van der Waals surface area (Å²) in [6.07, 6.45) is 0. The largest absolute Gasteiger partial charge is 0.378 e. The molecule has 0 radical (unpaired) electrons. The average molecular weight is 249 g/mol. The van der Waals surface area contributed by atoms with Gasteiger partial charge >= 0.3 is 0 Å². The van der Waals surface area contributed by atoms with Gasteiger partial charge in [-0.2, -0.15) is 0 Å². The minimum atomic E-state index is -0.566. The molecular formula is C14H19NO3. The first-order chi connectivity index (χ1) is 8.78. The second-order valence-corrected chi connectivity index (χ2v) is 4.79. The third kappa shape index (κ3) is 2.23. The Hall–Kier alpha value is -1.10. The predicted molar refractivity (Wildman–Crippen MR) is 68.7 cm³/mol. The van der Waals surface area contributed by atoms with Crippen molar-refractivity contribution in [2.45, 2.75) is 12.7 Å². The van der Waals surface area contributed by atoms with Crippen molar-refractivity contribution in [3.8, 4) is 0 Å². The van der Waals surface area contributed by atoms with Crippen LogP contribution in [0.25, 0.3) is 0 Å². The highest BCUT2D eigenvalue weighted by atomic mass is 16.7. The molecule has 18 heavy (non-hydrogen) atoms. The van der Waals surface area contributed by atoms with Gasteiger partial charge in [0.2, 0.25) is 0 Å². The third-order valence-corrected chi connectivity index (χ3v) is 3.61. The summed E-state index contributed by atoms with van der Waals surface area (Å²) in [6.45, 7) is 6.86. The summed E-state index contributed by atoms with van der Waals surface area (Å²) >= 11 is 0. The van der Waals surface area contributed by atoms with Crippen LogP contribution in [-0.4, -0.2) is 39.5 Å². The molecule has 2 saturated heterocycles. The van der Waals surface area contributed by atoms with Crippen molar-refractivity contribution in [2.24, 2.45) is 0 Å². The number of morpholine rings is 1. The van der Waals surface area contributed by atoms with E-state index in [-0.39, 0.29) is 0 Å². The lowest BCUT2D eigenvalue weighted by Crippen LogP contribution is -2.36. The van der Waals surface area contributed by atoms with Crippen LogP contribution in [0.1, 0.15) is 12.5 Å². The van der Waals surface area contributed by atoms with E-state index in [0.717, 1.165) is 31.9 Å². The maximum Gasteiger partial charge on any atom is 0.192 e. The van der Waals surface area contributed by atoms with Crippen LogP contribution in [0.4, 0.5) is 5.69 Å². The summed E-state index contributed by atoms with van der Waals surface area (Å²) in [7, 11) is 0. The highest BCUT2D eigenvalue weighted by molar-refractivity contribution is 5.48. The number of rotatable bonds is 2. The average Bonchev–Trinajstić information content (AvgIpc) is 2.88. The van der Waals surface area contributed by atoms with Crippen molar-refractivity contribution >= 4 is 5.69 Å². The number of benzene rings is 1. The van der Waals surface area contributed by atoms with E-state index in [0.29, 0.717) is 13.2 Å². The zero-order valence-corrected chi connectivity index (χ0v) is 10.7. The molecule has 2 heterocycles. The van der Waals surface area contributed by atoms with Crippen LogP contribution in [0.5, 0.6) is 0 Å². The Labute approximate surface area is 107 Å². The van der Waals surface area contributed by atoms with E-state index >= 15 is 0 Å². The number of ether oxygens (including phenoxy) is 3. The van der Waals surface area contributed by atoms with Gasteiger partial charge in [0.25, 0.3) is 0 Å². The second-order valence-electron chi connectivity index (χ2n) is 4.79. The fraction of sp³-hybridized carbons (Fsp3) is 0.571. The molecule has 0 N–H and O–H groups in total. The van der Waals surface area contributed by atoms with Crippen LogP contribution in [-0.2, 0) is 20.0 Å². The van der Waals surface area contributed by atoms with Gasteiger partial charge < -0.3 is 19.1 Å². The minimum Gasteiger partial charge on any atom is -0.378 e. The molecule has 2 fully saturated rings. The first-order valence-corrected chi connectivity index (χ1v) is 6.49. The molecule has 2 aliphatic rings.